The molecule has 9 rings (SSSR count). The molecule has 4 aliphatic heterocycles. The second-order valence-corrected chi connectivity index (χ2v) is 24.6. The molecular formula is C77H87N5O17. The van der Waals surface area contributed by atoms with Crippen LogP contribution >= 0.6 is 0 Å². The number of amides is 3. The summed E-state index contributed by atoms with van der Waals surface area (Å²) in [6.45, 7) is 8.68. The van der Waals surface area contributed by atoms with E-state index in [1.165, 1.54) is 38.5 Å². The van der Waals surface area contributed by atoms with E-state index in [9.17, 15) is 38.4 Å². The first-order valence-corrected chi connectivity index (χ1v) is 33.6. The third-order valence-corrected chi connectivity index (χ3v) is 17.3. The van der Waals surface area contributed by atoms with Gasteiger partial charge in [-0.2, -0.15) is 0 Å². The number of benzene rings is 4. The fourth-order valence-corrected chi connectivity index (χ4v) is 11.6. The van der Waals surface area contributed by atoms with Gasteiger partial charge in [0.05, 0.1) is 134 Å². The SMILES string of the molecule is COc1ccc(C2=CN3C(=O)c4cc(OC)c(OCCCOc5cc6c(cc5OC)C(=O)N5C=C(c7ccc(CCC(=O)[C@H](C)NC(=O)C(/C=C/C(=O)CCOCCOCCOCCOCC/C=C/C(=O)CC/C=C8/CC(=O)C=CC8=O)C(C)C)cc7)C[C@H]5C=N6)cc4N=C[C@@H]3C2)cc1. The fourth-order valence-electron chi connectivity index (χ4n) is 11.6. The summed E-state index contributed by atoms with van der Waals surface area (Å²) in [5.74, 6) is 0.201. The molecule has 22 nitrogen and oxygen atoms in total. The van der Waals surface area contributed by atoms with Crippen molar-refractivity contribution in [2.24, 2.45) is 21.8 Å². The summed E-state index contributed by atoms with van der Waals surface area (Å²) in [4.78, 5) is 116. The Morgan fingerprint density at radius 1 is 0.586 bits per heavy atom. The number of carbonyl (C=O) groups excluding carboxylic acids is 8. The van der Waals surface area contributed by atoms with Gasteiger partial charge in [-0.3, -0.25) is 48.3 Å². The molecule has 0 fully saturated rings. The molecule has 3 amide bonds. The van der Waals surface area contributed by atoms with Crippen molar-refractivity contribution in [3.05, 3.63) is 161 Å². The number of hydrogen-bond acceptors (Lipinski definition) is 19. The number of aryl methyl sites for hydroxylation is 1. The van der Waals surface area contributed by atoms with Gasteiger partial charge < -0.3 is 57.7 Å². The highest BCUT2D eigenvalue weighted by molar-refractivity contribution is 6.15. The first-order valence-electron chi connectivity index (χ1n) is 33.6. The van der Waals surface area contributed by atoms with Crippen LogP contribution in [0, 0.1) is 11.8 Å². The van der Waals surface area contributed by atoms with Gasteiger partial charge >= 0.3 is 0 Å². The molecule has 4 aromatic carbocycles. The van der Waals surface area contributed by atoms with E-state index in [0.29, 0.717) is 136 Å². The van der Waals surface area contributed by atoms with Crippen molar-refractivity contribution in [3.63, 3.8) is 0 Å². The van der Waals surface area contributed by atoms with Gasteiger partial charge in [-0.25, -0.2) is 0 Å². The molecule has 4 aromatic rings. The van der Waals surface area contributed by atoms with Crippen LogP contribution in [0.1, 0.15) is 116 Å². The minimum atomic E-state index is -0.742. The van der Waals surface area contributed by atoms with Crippen molar-refractivity contribution in [2.75, 3.05) is 87.4 Å². The van der Waals surface area contributed by atoms with E-state index in [1.807, 2.05) is 74.8 Å². The summed E-state index contributed by atoms with van der Waals surface area (Å²) in [6, 6.07) is 21.1. The minimum Gasteiger partial charge on any atom is -0.497 e. The molecular weight excluding hydrogens is 1270 g/mol. The summed E-state index contributed by atoms with van der Waals surface area (Å²) < 4.78 is 51.2. The van der Waals surface area contributed by atoms with Gasteiger partial charge in [0.2, 0.25) is 5.91 Å². The summed E-state index contributed by atoms with van der Waals surface area (Å²) in [7, 11) is 4.67. The number of methoxy groups -OCH3 is 3. The summed E-state index contributed by atoms with van der Waals surface area (Å²) in [5, 5.41) is 2.85. The number of ether oxygens (including phenoxy) is 9. The maximum atomic E-state index is 14.2. The second-order valence-electron chi connectivity index (χ2n) is 24.6. The Labute approximate surface area is 577 Å². The number of aliphatic imine (C=N–C) groups is 2. The molecule has 1 unspecified atom stereocenters. The molecule has 99 heavy (non-hydrogen) atoms. The zero-order valence-corrected chi connectivity index (χ0v) is 57.0. The van der Waals surface area contributed by atoms with Crippen LogP contribution in [-0.2, 0) is 54.1 Å². The van der Waals surface area contributed by atoms with Gasteiger partial charge in [0, 0.05) is 87.5 Å². The lowest BCUT2D eigenvalue weighted by Crippen LogP contribution is -2.42. The van der Waals surface area contributed by atoms with Crippen LogP contribution in [0.5, 0.6) is 28.7 Å². The van der Waals surface area contributed by atoms with Crippen molar-refractivity contribution in [2.45, 2.75) is 103 Å². The Kier molecular flexibility index (Phi) is 27.3. The van der Waals surface area contributed by atoms with Crippen molar-refractivity contribution in [1.82, 2.24) is 15.1 Å². The summed E-state index contributed by atoms with van der Waals surface area (Å²) >= 11 is 0. The number of fused-ring (bicyclic) bond motifs is 4. The predicted molar refractivity (Wildman–Crippen MR) is 374 cm³/mol. The van der Waals surface area contributed by atoms with Crippen LogP contribution in [0.3, 0.4) is 0 Å². The molecule has 4 heterocycles. The Balaban J connectivity index is 0.631. The number of rotatable bonds is 39. The number of ketones is 5. The summed E-state index contributed by atoms with van der Waals surface area (Å²) in [5.41, 5.74) is 7.02. The number of Topliss-reactive ketones (excluding diaryl/α,β-unsaturated/α-hetero) is 1. The highest BCUT2D eigenvalue weighted by atomic mass is 16.6. The monoisotopic (exact) mass is 1350 g/mol. The van der Waals surface area contributed by atoms with Gasteiger partial charge in [-0.1, -0.05) is 68.5 Å². The van der Waals surface area contributed by atoms with E-state index in [1.54, 1.807) is 78.8 Å². The maximum absolute atomic E-state index is 14.2. The molecule has 1 N–H and O–H groups in total. The molecule has 22 heteroatoms. The number of nitrogens with zero attached hydrogens (tertiary/aromatic N) is 4. The van der Waals surface area contributed by atoms with E-state index >= 15 is 0 Å². The lowest BCUT2D eigenvalue weighted by molar-refractivity contribution is -0.129. The van der Waals surface area contributed by atoms with E-state index in [2.05, 4.69) is 5.32 Å². The van der Waals surface area contributed by atoms with Crippen LogP contribution in [0.2, 0.25) is 0 Å². The molecule has 0 radical (unpaired) electrons. The quantitative estimate of drug-likeness (QED) is 0.0321. The van der Waals surface area contributed by atoms with Crippen LogP contribution in [0.25, 0.3) is 11.1 Å². The average Bonchev–Trinajstić information content (AvgIpc) is 1.65. The van der Waals surface area contributed by atoms with E-state index in [0.717, 1.165) is 33.6 Å². The Morgan fingerprint density at radius 3 is 1.67 bits per heavy atom. The molecule has 522 valence electrons. The smallest absolute Gasteiger partial charge is 0.260 e. The number of nitrogens with one attached hydrogen (secondary N) is 1. The highest BCUT2D eigenvalue weighted by Crippen LogP contribution is 2.42. The molecule has 0 aromatic heterocycles. The molecule has 1 aliphatic carbocycles. The van der Waals surface area contributed by atoms with Gasteiger partial charge in [-0.15, -0.1) is 0 Å². The van der Waals surface area contributed by atoms with Crippen LogP contribution in [0.4, 0.5) is 11.4 Å². The summed E-state index contributed by atoms with van der Waals surface area (Å²) in [6.07, 6.45) is 21.5. The molecule has 0 saturated carbocycles. The van der Waals surface area contributed by atoms with Crippen molar-refractivity contribution in [3.8, 4) is 28.7 Å². The standard InChI is InChI=1S/C77H87N5O17/c1-50(2)64(25-21-61(84)28-32-95-34-36-97-38-37-96-35-33-94-29-8-7-12-60(83)13-9-11-55-41-62(85)22-27-70(55)87)75(88)80-51(3)69(86)26-16-52-14-17-53(18-15-52)56-39-58-46-78-67-44-73(71(92-5)42-65(67)76(89)81(58)48-56)98-30-10-31-99-74-45-68-66(43-72(74)93-6)77(90)82-49-57(40-59(82)47-79-68)54-19-23-63(91-4)24-20-54/h7,11-12,14-15,17-25,27,42-51,58-59,64H,8-10,13,16,26,28-41H2,1-6H3,(H,80,88)/b12-7+,25-21+,55-11-/t51-,58-,59-,64?/m0/s1. The Morgan fingerprint density at radius 2 is 1.12 bits per heavy atom. The zero-order valence-electron chi connectivity index (χ0n) is 57.0. The Bertz CT molecular complexity index is 3840. The number of carbonyl (C=O) groups is 8. The van der Waals surface area contributed by atoms with Gasteiger partial charge in [0.15, 0.2) is 51.9 Å². The highest BCUT2D eigenvalue weighted by Gasteiger charge is 2.36. The van der Waals surface area contributed by atoms with Gasteiger partial charge in [0.25, 0.3) is 11.8 Å². The first kappa shape index (κ1) is 73.5. The normalized spacial score (nSPS) is 17.3. The van der Waals surface area contributed by atoms with E-state index < -0.39 is 12.0 Å². The third-order valence-electron chi connectivity index (χ3n) is 17.3. The lowest BCUT2D eigenvalue weighted by atomic mass is 9.93. The van der Waals surface area contributed by atoms with Crippen LogP contribution < -0.4 is 29.0 Å². The Hall–Kier alpha value is -9.74. The van der Waals surface area contributed by atoms with E-state index in [4.69, 9.17) is 52.6 Å². The molecule has 4 atom stereocenters. The zero-order chi connectivity index (χ0) is 70.2. The largest absolute Gasteiger partial charge is 0.497 e. The van der Waals surface area contributed by atoms with Gasteiger partial charge in [-0.05, 0) is 109 Å². The topological polar surface area (TPSA) is 263 Å². The minimum absolute atomic E-state index is 0.0640. The first-order chi connectivity index (χ1) is 48.0. The van der Waals surface area contributed by atoms with Crippen molar-refractivity contribution in [1.29, 1.82) is 0 Å². The number of hydrogen-bond donors (Lipinski definition) is 1. The van der Waals surface area contributed by atoms with Crippen molar-refractivity contribution >= 4 is 81.6 Å². The molecule has 0 saturated heterocycles. The van der Waals surface area contributed by atoms with E-state index in [-0.39, 0.29) is 110 Å². The molecule has 0 spiro atoms. The second kappa shape index (κ2) is 36.7. The van der Waals surface area contributed by atoms with Crippen LogP contribution in [0.15, 0.2) is 143 Å². The van der Waals surface area contributed by atoms with Gasteiger partial charge in [0.1, 0.15) is 5.75 Å². The molecule has 0 bridgehead atoms. The average molecular weight is 1350 g/mol. The third kappa shape index (κ3) is 20.7. The lowest BCUT2D eigenvalue weighted by Gasteiger charge is -2.20. The fraction of sp³-hybridized carbons (Fsp3) is 0.403. The van der Waals surface area contributed by atoms with Crippen molar-refractivity contribution < 1.29 is 81.0 Å². The number of allylic oxidation sites excluding steroid dienone is 6. The predicted octanol–water partition coefficient (Wildman–Crippen LogP) is 10.7. The van der Waals surface area contributed by atoms with Crippen LogP contribution in [-0.4, -0.2) is 174 Å². The maximum Gasteiger partial charge on any atom is 0.260 e. The molecule has 5 aliphatic rings.